The van der Waals surface area contributed by atoms with Gasteiger partial charge in [-0.25, -0.2) is 0 Å². The summed E-state index contributed by atoms with van der Waals surface area (Å²) in [5.41, 5.74) is 6.35. The molecular weight excluding hydrogens is 446 g/mol. The number of nitrogens with one attached hydrogen (secondary N) is 2. The van der Waals surface area contributed by atoms with Crippen LogP contribution in [0.4, 0.5) is 0 Å². The van der Waals surface area contributed by atoms with Crippen LogP contribution in [0.25, 0.3) is 0 Å². The molecule has 0 spiro atoms. The van der Waals surface area contributed by atoms with Crippen molar-refractivity contribution in [2.24, 2.45) is 11.7 Å². The van der Waals surface area contributed by atoms with Crippen LogP contribution >= 0.6 is 0 Å². The Kier molecular flexibility index (Phi) is 12.7. The molecule has 0 aliphatic rings. The standard InChI is InChI=1S/C23H37N3O8/c1-4-34-18(28)11-16(14-8-6-5-7-9-14)25-23(33)21(31)20(30)19(29)17(12-27)26-22(32)15(24)10-13(2)3/h5-9,13,15-17,19-21,27,29-31H,4,10-12,24H2,1-3H3,(H,25,33)(H,26,32)/t15-,16-,17-,19+,20+,21-/m0/s1. The molecule has 8 N–H and O–H groups in total. The molecule has 0 unspecified atom stereocenters. The number of esters is 1. The monoisotopic (exact) mass is 483 g/mol. The SMILES string of the molecule is CCOC(=O)C[C@H](NC(=O)[C@@H](O)[C@H](O)[C@H](O)[C@H](CO)NC(=O)[C@@H](N)CC(C)C)c1ccccc1. The number of ether oxygens (including phenoxy) is 1. The molecule has 0 heterocycles. The van der Waals surface area contributed by atoms with E-state index in [2.05, 4.69) is 10.6 Å². The normalized spacial score (nSPS) is 16.6. The van der Waals surface area contributed by atoms with E-state index >= 15 is 0 Å². The van der Waals surface area contributed by atoms with Crippen LogP contribution in [0.1, 0.15) is 45.2 Å². The number of benzene rings is 1. The van der Waals surface area contributed by atoms with E-state index in [9.17, 15) is 34.8 Å². The Hall–Kier alpha value is -2.57. The van der Waals surface area contributed by atoms with E-state index in [1.54, 1.807) is 37.3 Å². The number of hydrogen-bond acceptors (Lipinski definition) is 9. The molecule has 11 nitrogen and oxygen atoms in total. The Labute approximate surface area is 199 Å². The first-order valence-electron chi connectivity index (χ1n) is 11.2. The van der Waals surface area contributed by atoms with Crippen LogP contribution in [0, 0.1) is 5.92 Å². The molecule has 0 aliphatic carbocycles. The van der Waals surface area contributed by atoms with Crippen molar-refractivity contribution < 1.29 is 39.5 Å². The maximum Gasteiger partial charge on any atom is 0.308 e. The topological polar surface area (TPSA) is 191 Å². The van der Waals surface area contributed by atoms with E-state index in [1.807, 2.05) is 13.8 Å². The van der Waals surface area contributed by atoms with Gasteiger partial charge in [-0.2, -0.15) is 0 Å². The lowest BCUT2D eigenvalue weighted by molar-refractivity contribution is -0.146. The molecule has 0 aromatic heterocycles. The molecule has 1 aromatic rings. The zero-order valence-corrected chi connectivity index (χ0v) is 19.8. The summed E-state index contributed by atoms with van der Waals surface area (Å²) in [5, 5.41) is 45.4. The second-order valence-corrected chi connectivity index (χ2v) is 8.44. The van der Waals surface area contributed by atoms with Gasteiger partial charge in [0.1, 0.15) is 12.2 Å². The minimum absolute atomic E-state index is 0.126. The predicted octanol–water partition coefficient (Wildman–Crippen LogP) is -1.27. The van der Waals surface area contributed by atoms with Gasteiger partial charge in [0, 0.05) is 0 Å². The Morgan fingerprint density at radius 3 is 2.15 bits per heavy atom. The van der Waals surface area contributed by atoms with Gasteiger partial charge in [0.2, 0.25) is 5.91 Å². The van der Waals surface area contributed by atoms with Crippen LogP contribution < -0.4 is 16.4 Å². The number of carbonyl (C=O) groups excluding carboxylic acids is 3. The summed E-state index contributed by atoms with van der Waals surface area (Å²) in [7, 11) is 0. The van der Waals surface area contributed by atoms with Gasteiger partial charge >= 0.3 is 5.97 Å². The molecule has 0 bridgehead atoms. The Balaban J connectivity index is 2.87. The van der Waals surface area contributed by atoms with Crippen LogP contribution in [0.2, 0.25) is 0 Å². The Morgan fingerprint density at radius 1 is 1.00 bits per heavy atom. The summed E-state index contributed by atoms with van der Waals surface area (Å²) in [6.07, 6.45) is -5.94. The quantitative estimate of drug-likeness (QED) is 0.158. The lowest BCUT2D eigenvalue weighted by Crippen LogP contribution is -2.58. The van der Waals surface area contributed by atoms with Gasteiger partial charge in [0.15, 0.2) is 6.10 Å². The summed E-state index contributed by atoms with van der Waals surface area (Å²) in [4.78, 5) is 36.8. The lowest BCUT2D eigenvalue weighted by Gasteiger charge is -2.30. The highest BCUT2D eigenvalue weighted by molar-refractivity contribution is 5.83. The summed E-state index contributed by atoms with van der Waals surface area (Å²) in [5.74, 6) is -2.17. The summed E-state index contributed by atoms with van der Waals surface area (Å²) in [6, 6.07) is 5.33. The van der Waals surface area contributed by atoms with Crippen LogP contribution in [0.3, 0.4) is 0 Å². The van der Waals surface area contributed by atoms with Crippen LogP contribution in [0.5, 0.6) is 0 Å². The smallest absolute Gasteiger partial charge is 0.308 e. The van der Waals surface area contributed by atoms with Gasteiger partial charge in [-0.15, -0.1) is 0 Å². The largest absolute Gasteiger partial charge is 0.466 e. The molecule has 0 saturated carbocycles. The van der Waals surface area contributed by atoms with Crippen molar-refractivity contribution in [2.75, 3.05) is 13.2 Å². The molecule has 0 aliphatic heterocycles. The number of aliphatic hydroxyl groups excluding tert-OH is 4. The zero-order valence-electron chi connectivity index (χ0n) is 19.8. The second-order valence-electron chi connectivity index (χ2n) is 8.44. The fourth-order valence-electron chi connectivity index (χ4n) is 3.30. The predicted molar refractivity (Wildman–Crippen MR) is 123 cm³/mol. The van der Waals surface area contributed by atoms with Gasteiger partial charge in [0.05, 0.1) is 37.8 Å². The third-order valence-corrected chi connectivity index (χ3v) is 5.14. The highest BCUT2D eigenvalue weighted by Gasteiger charge is 2.37. The molecule has 0 radical (unpaired) electrons. The van der Waals surface area contributed by atoms with Crippen molar-refractivity contribution in [2.45, 2.75) is 70.1 Å². The lowest BCUT2D eigenvalue weighted by atomic mass is 9.98. The second kappa shape index (κ2) is 14.6. The molecular formula is C23H37N3O8. The van der Waals surface area contributed by atoms with Crippen molar-refractivity contribution in [3.05, 3.63) is 35.9 Å². The number of aliphatic hydroxyl groups is 4. The first-order valence-corrected chi connectivity index (χ1v) is 11.2. The number of rotatable bonds is 14. The third kappa shape index (κ3) is 9.35. The number of amides is 2. The molecule has 1 aromatic carbocycles. The first kappa shape index (κ1) is 29.5. The van der Waals surface area contributed by atoms with Crippen molar-refractivity contribution in [3.63, 3.8) is 0 Å². The van der Waals surface area contributed by atoms with E-state index < -0.39 is 60.8 Å². The zero-order chi connectivity index (χ0) is 25.8. The fourth-order valence-corrected chi connectivity index (χ4v) is 3.30. The number of carbonyl (C=O) groups is 3. The highest BCUT2D eigenvalue weighted by Crippen LogP contribution is 2.18. The van der Waals surface area contributed by atoms with Gasteiger partial charge in [0.25, 0.3) is 5.91 Å². The third-order valence-electron chi connectivity index (χ3n) is 5.14. The molecule has 0 saturated heterocycles. The Morgan fingerprint density at radius 2 is 1.62 bits per heavy atom. The fraction of sp³-hybridized carbons (Fsp3) is 0.609. The molecule has 192 valence electrons. The van der Waals surface area contributed by atoms with E-state index in [4.69, 9.17) is 10.5 Å². The first-order chi connectivity index (χ1) is 16.0. The van der Waals surface area contributed by atoms with Gasteiger partial charge in [-0.3, -0.25) is 14.4 Å². The molecule has 1 rings (SSSR count). The van der Waals surface area contributed by atoms with E-state index in [-0.39, 0.29) is 18.9 Å². The van der Waals surface area contributed by atoms with Crippen LogP contribution in [-0.4, -0.2) is 81.8 Å². The minimum Gasteiger partial charge on any atom is -0.466 e. The minimum atomic E-state index is -2.13. The number of hydrogen-bond donors (Lipinski definition) is 7. The average Bonchev–Trinajstić information content (AvgIpc) is 2.80. The van der Waals surface area contributed by atoms with Gasteiger partial charge in [-0.05, 0) is 24.8 Å². The van der Waals surface area contributed by atoms with Gasteiger partial charge < -0.3 is 41.5 Å². The van der Waals surface area contributed by atoms with Crippen LogP contribution in [0.15, 0.2) is 30.3 Å². The van der Waals surface area contributed by atoms with E-state index in [1.165, 1.54) is 0 Å². The highest BCUT2D eigenvalue weighted by atomic mass is 16.5. The van der Waals surface area contributed by atoms with Crippen molar-refractivity contribution in [3.8, 4) is 0 Å². The summed E-state index contributed by atoms with van der Waals surface area (Å²) in [6.45, 7) is 4.75. The number of nitrogens with two attached hydrogens (primary N) is 1. The maximum atomic E-state index is 12.6. The van der Waals surface area contributed by atoms with Crippen LogP contribution in [-0.2, 0) is 19.1 Å². The Bertz CT molecular complexity index is 777. The molecule has 2 amide bonds. The molecule has 11 heteroatoms. The van der Waals surface area contributed by atoms with Crippen molar-refractivity contribution in [1.29, 1.82) is 0 Å². The van der Waals surface area contributed by atoms with E-state index in [0.717, 1.165) is 0 Å². The van der Waals surface area contributed by atoms with Crippen molar-refractivity contribution in [1.82, 2.24) is 10.6 Å². The molecule has 0 fully saturated rings. The molecule has 34 heavy (non-hydrogen) atoms. The summed E-state index contributed by atoms with van der Waals surface area (Å²) < 4.78 is 4.93. The molecule has 6 atom stereocenters. The maximum absolute atomic E-state index is 12.6. The van der Waals surface area contributed by atoms with Gasteiger partial charge in [-0.1, -0.05) is 44.2 Å². The van der Waals surface area contributed by atoms with E-state index in [0.29, 0.717) is 12.0 Å². The average molecular weight is 484 g/mol. The van der Waals surface area contributed by atoms with Crippen molar-refractivity contribution >= 4 is 17.8 Å². The summed E-state index contributed by atoms with van der Waals surface area (Å²) >= 11 is 0.